The summed E-state index contributed by atoms with van der Waals surface area (Å²) in [6.45, 7) is 8.00. The highest BCUT2D eigenvalue weighted by molar-refractivity contribution is 5.99. The van der Waals surface area contributed by atoms with Crippen LogP contribution in [0.25, 0.3) is 0 Å². The van der Waals surface area contributed by atoms with Crippen LogP contribution in [0.3, 0.4) is 0 Å². The Labute approximate surface area is 181 Å². The molecule has 3 rings (SSSR count). The molecule has 4 nitrogen and oxygen atoms in total. The number of anilines is 1. The highest BCUT2D eigenvalue weighted by Crippen LogP contribution is 2.38. The summed E-state index contributed by atoms with van der Waals surface area (Å²) in [6, 6.07) is 16.6. The summed E-state index contributed by atoms with van der Waals surface area (Å²) in [5.41, 5.74) is 4.30. The van der Waals surface area contributed by atoms with E-state index in [2.05, 4.69) is 54.0 Å². The Bertz CT molecular complexity index is 761. The van der Waals surface area contributed by atoms with Crippen LogP contribution in [0.5, 0.6) is 0 Å². The topological polar surface area (TPSA) is 26.8 Å². The zero-order valence-electron chi connectivity index (χ0n) is 17.1. The summed E-state index contributed by atoms with van der Waals surface area (Å²) < 4.78 is 0. The van der Waals surface area contributed by atoms with Crippen LogP contribution in [-0.2, 0) is 0 Å². The van der Waals surface area contributed by atoms with Gasteiger partial charge in [-0.15, -0.1) is 24.8 Å². The van der Waals surface area contributed by atoms with Gasteiger partial charge in [0, 0.05) is 38.4 Å². The molecule has 0 fully saturated rings. The number of rotatable bonds is 7. The molecule has 6 heteroatoms. The van der Waals surface area contributed by atoms with Gasteiger partial charge in [-0.05, 0) is 42.4 Å². The summed E-state index contributed by atoms with van der Waals surface area (Å²) in [6.07, 6.45) is 0. The SMILES string of the molecule is CCN(CC)CCN1C(=O)c2ccccc2C1c1ccc(N(C)C)cc1.Cl.Cl. The minimum Gasteiger partial charge on any atom is -0.378 e. The molecular weight excluding hydrogens is 393 g/mol. The lowest BCUT2D eigenvalue weighted by Gasteiger charge is -2.29. The lowest BCUT2D eigenvalue weighted by molar-refractivity contribution is 0.0729. The number of halogens is 2. The molecule has 0 aromatic heterocycles. The van der Waals surface area contributed by atoms with Gasteiger partial charge in [-0.1, -0.05) is 44.2 Å². The number of hydrogen-bond acceptors (Lipinski definition) is 3. The fraction of sp³-hybridized carbons (Fsp3) is 0.409. The van der Waals surface area contributed by atoms with E-state index in [0.29, 0.717) is 0 Å². The molecular formula is C22H31Cl2N3O. The van der Waals surface area contributed by atoms with Crippen LogP contribution in [0, 0.1) is 0 Å². The molecule has 1 atom stereocenters. The number of carbonyl (C=O) groups is 1. The smallest absolute Gasteiger partial charge is 0.255 e. The number of amides is 1. The number of benzene rings is 2. The fourth-order valence-electron chi connectivity index (χ4n) is 3.70. The van der Waals surface area contributed by atoms with Crippen LogP contribution in [0.15, 0.2) is 48.5 Å². The Morgan fingerprint density at radius 3 is 2.11 bits per heavy atom. The van der Waals surface area contributed by atoms with Crippen molar-refractivity contribution >= 4 is 36.4 Å². The van der Waals surface area contributed by atoms with E-state index in [9.17, 15) is 4.79 Å². The first-order valence-corrected chi connectivity index (χ1v) is 9.46. The molecule has 1 aliphatic heterocycles. The summed E-state index contributed by atoms with van der Waals surface area (Å²) in [5, 5.41) is 0. The van der Waals surface area contributed by atoms with E-state index in [1.54, 1.807) is 0 Å². The Kier molecular flexibility index (Phi) is 9.28. The molecule has 0 N–H and O–H groups in total. The van der Waals surface area contributed by atoms with Crippen molar-refractivity contribution in [1.82, 2.24) is 9.80 Å². The Hall–Kier alpha value is -1.75. The third-order valence-electron chi connectivity index (χ3n) is 5.34. The molecule has 28 heavy (non-hydrogen) atoms. The lowest BCUT2D eigenvalue weighted by Crippen LogP contribution is -2.37. The van der Waals surface area contributed by atoms with E-state index in [1.165, 1.54) is 11.3 Å². The second kappa shape index (κ2) is 10.7. The molecule has 1 heterocycles. The van der Waals surface area contributed by atoms with Gasteiger partial charge >= 0.3 is 0 Å². The van der Waals surface area contributed by atoms with Crippen LogP contribution < -0.4 is 4.90 Å². The maximum atomic E-state index is 13.0. The molecule has 1 amide bonds. The standard InChI is InChI=1S/C22H29N3O.2ClH/c1-5-24(6-2)15-16-25-21(17-11-13-18(14-12-17)23(3)4)19-9-7-8-10-20(19)22(25)26;;/h7-14,21H,5-6,15-16H2,1-4H3;2*1H. The molecule has 1 unspecified atom stereocenters. The average Bonchev–Trinajstić information content (AvgIpc) is 2.95. The van der Waals surface area contributed by atoms with E-state index in [0.717, 1.165) is 37.3 Å². The normalized spacial score (nSPS) is 15.1. The van der Waals surface area contributed by atoms with E-state index in [-0.39, 0.29) is 36.8 Å². The monoisotopic (exact) mass is 423 g/mol. The van der Waals surface area contributed by atoms with Crippen molar-refractivity contribution in [3.05, 3.63) is 65.2 Å². The van der Waals surface area contributed by atoms with Crippen molar-refractivity contribution in [1.29, 1.82) is 0 Å². The molecule has 2 aromatic carbocycles. The van der Waals surface area contributed by atoms with Gasteiger partial charge in [-0.2, -0.15) is 0 Å². The van der Waals surface area contributed by atoms with Gasteiger partial charge < -0.3 is 14.7 Å². The Balaban J connectivity index is 0.00000196. The second-order valence-electron chi connectivity index (χ2n) is 7.00. The molecule has 0 spiro atoms. The number of hydrogen-bond donors (Lipinski definition) is 0. The number of likely N-dealkylation sites (N-methyl/N-ethyl adjacent to an activating group) is 1. The van der Waals surface area contributed by atoms with Crippen molar-refractivity contribution < 1.29 is 4.79 Å². The zero-order chi connectivity index (χ0) is 18.7. The number of carbonyl (C=O) groups excluding carboxylic acids is 1. The van der Waals surface area contributed by atoms with Crippen LogP contribution in [0.2, 0.25) is 0 Å². The molecule has 2 aromatic rings. The molecule has 0 saturated carbocycles. The fourth-order valence-corrected chi connectivity index (χ4v) is 3.70. The first kappa shape index (κ1) is 24.3. The van der Waals surface area contributed by atoms with Crippen LogP contribution in [0.1, 0.15) is 41.4 Å². The summed E-state index contributed by atoms with van der Waals surface area (Å²) in [4.78, 5) is 19.5. The highest BCUT2D eigenvalue weighted by atomic mass is 35.5. The zero-order valence-corrected chi connectivity index (χ0v) is 18.7. The first-order valence-electron chi connectivity index (χ1n) is 9.46. The first-order chi connectivity index (χ1) is 12.6. The van der Waals surface area contributed by atoms with E-state index < -0.39 is 0 Å². The quantitative estimate of drug-likeness (QED) is 0.656. The van der Waals surface area contributed by atoms with Crippen LogP contribution in [-0.4, -0.2) is 56.0 Å². The van der Waals surface area contributed by atoms with Gasteiger partial charge in [0.1, 0.15) is 0 Å². The molecule has 0 bridgehead atoms. The van der Waals surface area contributed by atoms with E-state index in [1.807, 2.05) is 37.2 Å². The van der Waals surface area contributed by atoms with Gasteiger partial charge in [0.2, 0.25) is 0 Å². The maximum Gasteiger partial charge on any atom is 0.255 e. The average molecular weight is 424 g/mol. The van der Waals surface area contributed by atoms with Crippen molar-refractivity contribution in [2.24, 2.45) is 0 Å². The van der Waals surface area contributed by atoms with Gasteiger partial charge in [0.15, 0.2) is 0 Å². The van der Waals surface area contributed by atoms with Gasteiger partial charge in [0.05, 0.1) is 6.04 Å². The summed E-state index contributed by atoms with van der Waals surface area (Å²) in [7, 11) is 4.08. The minimum absolute atomic E-state index is 0. The largest absolute Gasteiger partial charge is 0.378 e. The highest BCUT2D eigenvalue weighted by Gasteiger charge is 2.37. The number of nitrogens with zero attached hydrogens (tertiary/aromatic N) is 3. The molecule has 154 valence electrons. The van der Waals surface area contributed by atoms with Crippen molar-refractivity contribution in [2.45, 2.75) is 19.9 Å². The Morgan fingerprint density at radius 2 is 1.54 bits per heavy atom. The minimum atomic E-state index is 0. The van der Waals surface area contributed by atoms with Crippen molar-refractivity contribution in [2.75, 3.05) is 45.2 Å². The lowest BCUT2D eigenvalue weighted by atomic mass is 9.97. The summed E-state index contributed by atoms with van der Waals surface area (Å²) >= 11 is 0. The number of fused-ring (bicyclic) bond motifs is 1. The molecule has 0 aliphatic carbocycles. The van der Waals surface area contributed by atoms with E-state index >= 15 is 0 Å². The predicted molar refractivity (Wildman–Crippen MR) is 122 cm³/mol. The molecule has 0 saturated heterocycles. The van der Waals surface area contributed by atoms with Crippen LogP contribution >= 0.6 is 24.8 Å². The van der Waals surface area contributed by atoms with Crippen molar-refractivity contribution in [3.8, 4) is 0 Å². The van der Waals surface area contributed by atoms with Gasteiger partial charge in [0.25, 0.3) is 5.91 Å². The third-order valence-corrected chi connectivity index (χ3v) is 5.34. The summed E-state index contributed by atoms with van der Waals surface area (Å²) in [5.74, 6) is 0.148. The maximum absolute atomic E-state index is 13.0. The van der Waals surface area contributed by atoms with Gasteiger partial charge in [-0.25, -0.2) is 0 Å². The molecule has 1 aliphatic rings. The molecule has 0 radical (unpaired) electrons. The van der Waals surface area contributed by atoms with Gasteiger partial charge in [-0.3, -0.25) is 4.79 Å². The second-order valence-corrected chi connectivity index (χ2v) is 7.00. The van der Waals surface area contributed by atoms with Crippen LogP contribution in [0.4, 0.5) is 5.69 Å². The predicted octanol–water partition coefficient (Wildman–Crippen LogP) is 4.48. The third kappa shape index (κ3) is 4.80. The Morgan fingerprint density at radius 1 is 0.929 bits per heavy atom. The van der Waals surface area contributed by atoms with Crippen molar-refractivity contribution in [3.63, 3.8) is 0 Å². The van der Waals surface area contributed by atoms with E-state index in [4.69, 9.17) is 0 Å².